The Morgan fingerprint density at radius 3 is 2.57 bits per heavy atom. The molecule has 112 valence electrons. The first kappa shape index (κ1) is 15.5. The van der Waals surface area contributed by atoms with Crippen LogP contribution in [0.25, 0.3) is 0 Å². The SMILES string of the molecule is COc1ccccc1O[C@H](C)CNc1cc(Cl)ccc1C. The van der Waals surface area contributed by atoms with Gasteiger partial charge in [0, 0.05) is 10.7 Å². The van der Waals surface area contributed by atoms with E-state index in [1.54, 1.807) is 7.11 Å². The van der Waals surface area contributed by atoms with Crippen molar-refractivity contribution in [1.82, 2.24) is 0 Å². The second-order valence-corrected chi connectivity index (χ2v) is 5.36. The Balaban J connectivity index is 1.96. The number of anilines is 1. The van der Waals surface area contributed by atoms with Crippen LogP contribution in [0.5, 0.6) is 11.5 Å². The third-order valence-corrected chi connectivity index (χ3v) is 3.41. The summed E-state index contributed by atoms with van der Waals surface area (Å²) in [6.07, 6.45) is -0.000295. The monoisotopic (exact) mass is 305 g/mol. The standard InChI is InChI=1S/C17H20ClNO2/c1-12-8-9-14(18)10-15(12)19-11-13(2)21-17-7-5-4-6-16(17)20-3/h4-10,13,19H,11H2,1-3H3/t13-/m1/s1. The van der Waals surface area contributed by atoms with E-state index >= 15 is 0 Å². The number of hydrogen-bond donors (Lipinski definition) is 1. The Kier molecular flexibility index (Phi) is 5.34. The maximum atomic E-state index is 6.01. The van der Waals surface area contributed by atoms with Crippen LogP contribution in [0.3, 0.4) is 0 Å². The Morgan fingerprint density at radius 1 is 1.14 bits per heavy atom. The van der Waals surface area contributed by atoms with E-state index in [0.717, 1.165) is 27.8 Å². The second kappa shape index (κ2) is 7.23. The lowest BCUT2D eigenvalue weighted by molar-refractivity contribution is 0.223. The van der Waals surface area contributed by atoms with E-state index in [9.17, 15) is 0 Å². The fraction of sp³-hybridized carbons (Fsp3) is 0.294. The van der Waals surface area contributed by atoms with Gasteiger partial charge in [0.25, 0.3) is 0 Å². The normalized spacial score (nSPS) is 11.8. The van der Waals surface area contributed by atoms with Gasteiger partial charge in [0.15, 0.2) is 11.5 Å². The van der Waals surface area contributed by atoms with E-state index < -0.39 is 0 Å². The zero-order chi connectivity index (χ0) is 15.2. The first-order chi connectivity index (χ1) is 10.1. The Labute approximate surface area is 130 Å². The first-order valence-electron chi connectivity index (χ1n) is 6.90. The average Bonchev–Trinajstić information content (AvgIpc) is 2.49. The zero-order valence-electron chi connectivity index (χ0n) is 12.5. The van der Waals surface area contributed by atoms with E-state index in [-0.39, 0.29) is 6.10 Å². The van der Waals surface area contributed by atoms with Crippen LogP contribution < -0.4 is 14.8 Å². The summed E-state index contributed by atoms with van der Waals surface area (Å²) in [5.41, 5.74) is 2.18. The molecule has 0 amide bonds. The van der Waals surface area contributed by atoms with Gasteiger partial charge in [-0.25, -0.2) is 0 Å². The fourth-order valence-corrected chi connectivity index (χ4v) is 2.19. The summed E-state index contributed by atoms with van der Waals surface area (Å²) >= 11 is 6.01. The van der Waals surface area contributed by atoms with Crippen LogP contribution in [-0.2, 0) is 0 Å². The molecule has 1 N–H and O–H groups in total. The molecule has 0 saturated carbocycles. The molecular weight excluding hydrogens is 286 g/mol. The van der Waals surface area contributed by atoms with E-state index in [1.807, 2.05) is 56.3 Å². The highest BCUT2D eigenvalue weighted by atomic mass is 35.5. The number of methoxy groups -OCH3 is 1. The molecule has 0 spiro atoms. The fourth-order valence-electron chi connectivity index (χ4n) is 2.01. The third kappa shape index (κ3) is 4.30. The van der Waals surface area contributed by atoms with Crippen molar-refractivity contribution in [2.45, 2.75) is 20.0 Å². The maximum Gasteiger partial charge on any atom is 0.161 e. The Morgan fingerprint density at radius 2 is 1.86 bits per heavy atom. The molecule has 2 aromatic rings. The van der Waals surface area contributed by atoms with E-state index in [2.05, 4.69) is 5.32 Å². The first-order valence-corrected chi connectivity index (χ1v) is 7.27. The number of halogens is 1. The summed E-state index contributed by atoms with van der Waals surface area (Å²) < 4.78 is 11.2. The summed E-state index contributed by atoms with van der Waals surface area (Å²) in [6, 6.07) is 13.4. The molecule has 0 unspecified atom stereocenters. The van der Waals surface area contributed by atoms with Crippen molar-refractivity contribution in [3.63, 3.8) is 0 Å². The van der Waals surface area contributed by atoms with Gasteiger partial charge in [-0.1, -0.05) is 29.8 Å². The lowest BCUT2D eigenvalue weighted by Crippen LogP contribution is -2.23. The van der Waals surface area contributed by atoms with Crippen LogP contribution in [0.4, 0.5) is 5.69 Å². The lowest BCUT2D eigenvalue weighted by atomic mass is 10.2. The Hall–Kier alpha value is -1.87. The molecule has 0 aliphatic rings. The van der Waals surface area contributed by atoms with Gasteiger partial charge in [0.1, 0.15) is 6.10 Å². The molecule has 0 heterocycles. The smallest absolute Gasteiger partial charge is 0.161 e. The minimum Gasteiger partial charge on any atom is -0.493 e. The Bertz CT molecular complexity index is 601. The van der Waals surface area contributed by atoms with Gasteiger partial charge in [-0.2, -0.15) is 0 Å². The van der Waals surface area contributed by atoms with Crippen molar-refractivity contribution >= 4 is 17.3 Å². The number of benzene rings is 2. The van der Waals surface area contributed by atoms with Crippen LogP contribution in [0, 0.1) is 6.92 Å². The highest BCUT2D eigenvalue weighted by molar-refractivity contribution is 6.30. The summed E-state index contributed by atoms with van der Waals surface area (Å²) in [5.74, 6) is 1.49. The minimum atomic E-state index is -0.000295. The second-order valence-electron chi connectivity index (χ2n) is 4.92. The zero-order valence-corrected chi connectivity index (χ0v) is 13.3. The summed E-state index contributed by atoms with van der Waals surface area (Å²) in [5, 5.41) is 4.08. The third-order valence-electron chi connectivity index (χ3n) is 3.18. The van der Waals surface area contributed by atoms with E-state index in [0.29, 0.717) is 6.54 Å². The van der Waals surface area contributed by atoms with Crippen LogP contribution in [0.1, 0.15) is 12.5 Å². The number of ether oxygens (including phenoxy) is 2. The van der Waals surface area contributed by atoms with Crippen molar-refractivity contribution in [3.05, 3.63) is 53.1 Å². The van der Waals surface area contributed by atoms with Gasteiger partial charge in [0.2, 0.25) is 0 Å². The maximum absolute atomic E-state index is 6.01. The van der Waals surface area contributed by atoms with Crippen molar-refractivity contribution in [2.24, 2.45) is 0 Å². The molecule has 0 aliphatic carbocycles. The van der Waals surface area contributed by atoms with Crippen LogP contribution in [-0.4, -0.2) is 19.8 Å². The number of rotatable bonds is 6. The number of para-hydroxylation sites is 2. The summed E-state index contributed by atoms with van der Waals surface area (Å²) in [4.78, 5) is 0. The van der Waals surface area contributed by atoms with Crippen LogP contribution in [0.15, 0.2) is 42.5 Å². The minimum absolute atomic E-state index is 0.000295. The molecule has 4 heteroatoms. The highest BCUT2D eigenvalue weighted by Crippen LogP contribution is 2.27. The quantitative estimate of drug-likeness (QED) is 0.850. The van der Waals surface area contributed by atoms with Gasteiger partial charge in [0.05, 0.1) is 13.7 Å². The lowest BCUT2D eigenvalue weighted by Gasteiger charge is -2.18. The van der Waals surface area contributed by atoms with Gasteiger partial charge in [-0.05, 0) is 43.7 Å². The van der Waals surface area contributed by atoms with Crippen molar-refractivity contribution < 1.29 is 9.47 Å². The number of aryl methyl sites for hydroxylation is 1. The molecule has 0 aromatic heterocycles. The number of nitrogens with one attached hydrogen (secondary N) is 1. The molecule has 0 bridgehead atoms. The molecule has 0 aliphatic heterocycles. The molecule has 0 radical (unpaired) electrons. The molecule has 0 fully saturated rings. The van der Waals surface area contributed by atoms with E-state index in [4.69, 9.17) is 21.1 Å². The number of hydrogen-bond acceptors (Lipinski definition) is 3. The predicted octanol–water partition coefficient (Wildman–Crippen LogP) is 4.54. The van der Waals surface area contributed by atoms with Gasteiger partial charge in [-0.15, -0.1) is 0 Å². The van der Waals surface area contributed by atoms with Gasteiger partial charge >= 0.3 is 0 Å². The largest absolute Gasteiger partial charge is 0.493 e. The molecule has 3 nitrogen and oxygen atoms in total. The van der Waals surface area contributed by atoms with Gasteiger partial charge in [-0.3, -0.25) is 0 Å². The van der Waals surface area contributed by atoms with Crippen LogP contribution in [0.2, 0.25) is 5.02 Å². The topological polar surface area (TPSA) is 30.5 Å². The van der Waals surface area contributed by atoms with Crippen molar-refractivity contribution in [1.29, 1.82) is 0 Å². The highest BCUT2D eigenvalue weighted by Gasteiger charge is 2.09. The van der Waals surface area contributed by atoms with Crippen LogP contribution >= 0.6 is 11.6 Å². The molecule has 2 rings (SSSR count). The summed E-state index contributed by atoms with van der Waals surface area (Å²) in [6.45, 7) is 4.74. The molecule has 0 saturated heterocycles. The predicted molar refractivity (Wildman–Crippen MR) is 87.8 cm³/mol. The van der Waals surface area contributed by atoms with Gasteiger partial charge < -0.3 is 14.8 Å². The van der Waals surface area contributed by atoms with E-state index in [1.165, 1.54) is 0 Å². The molecular formula is C17H20ClNO2. The molecule has 2 aromatic carbocycles. The summed E-state index contributed by atoms with van der Waals surface area (Å²) in [7, 11) is 1.64. The average molecular weight is 306 g/mol. The van der Waals surface area contributed by atoms with Crippen molar-refractivity contribution in [2.75, 3.05) is 19.0 Å². The molecule has 21 heavy (non-hydrogen) atoms. The van der Waals surface area contributed by atoms with Crippen molar-refractivity contribution in [3.8, 4) is 11.5 Å². The molecule has 1 atom stereocenters.